The molecule has 0 radical (unpaired) electrons. The highest BCUT2D eigenvalue weighted by atomic mass is 32.1. The van der Waals surface area contributed by atoms with Crippen LogP contribution in [0.2, 0.25) is 0 Å². The first-order valence-corrected chi connectivity index (χ1v) is 5.65. The summed E-state index contributed by atoms with van der Waals surface area (Å²) in [7, 11) is 0. The second-order valence-electron chi connectivity index (χ2n) is 4.46. The topological polar surface area (TPSA) is 60.9 Å². The fourth-order valence-electron chi connectivity index (χ4n) is 1.36. The van der Waals surface area contributed by atoms with Crippen LogP contribution < -0.4 is 11.3 Å². The van der Waals surface area contributed by atoms with Crippen LogP contribution in [0.15, 0.2) is 23.4 Å². The van der Waals surface area contributed by atoms with E-state index in [0.29, 0.717) is 11.5 Å². The van der Waals surface area contributed by atoms with Crippen LogP contribution in [0.1, 0.15) is 26.7 Å². The lowest BCUT2D eigenvalue weighted by molar-refractivity contribution is 0.432. The van der Waals surface area contributed by atoms with Crippen molar-refractivity contribution in [1.82, 2.24) is 9.55 Å². The Morgan fingerprint density at radius 1 is 1.62 bits per heavy atom. The van der Waals surface area contributed by atoms with Crippen LogP contribution in [-0.4, -0.2) is 14.5 Å². The van der Waals surface area contributed by atoms with Gasteiger partial charge < -0.3 is 5.73 Å². The summed E-state index contributed by atoms with van der Waals surface area (Å²) in [4.78, 5) is 15.8. The van der Waals surface area contributed by atoms with Crippen molar-refractivity contribution in [2.75, 3.05) is 0 Å². The number of aryl methyl sites for hydroxylation is 1. The van der Waals surface area contributed by atoms with Crippen LogP contribution in [-0.2, 0) is 6.54 Å². The van der Waals surface area contributed by atoms with Crippen molar-refractivity contribution in [3.05, 3.63) is 28.9 Å². The number of hydrogen-bond acceptors (Lipinski definition) is 3. The van der Waals surface area contributed by atoms with Crippen LogP contribution in [0.4, 0.5) is 0 Å². The van der Waals surface area contributed by atoms with Crippen molar-refractivity contribution in [1.29, 1.82) is 0 Å². The molecule has 0 saturated heterocycles. The number of thiocarbonyl (C=S) groups is 1. The van der Waals surface area contributed by atoms with E-state index in [2.05, 4.69) is 4.98 Å². The Kier molecular flexibility index (Phi) is 4.18. The quantitative estimate of drug-likeness (QED) is 0.788. The summed E-state index contributed by atoms with van der Waals surface area (Å²) >= 11 is 4.98. The van der Waals surface area contributed by atoms with E-state index in [1.807, 2.05) is 13.8 Å². The Bertz CT molecular complexity index is 425. The third-order valence-corrected chi connectivity index (χ3v) is 3.21. The predicted octanol–water partition coefficient (Wildman–Crippen LogP) is 1.34. The van der Waals surface area contributed by atoms with Crippen LogP contribution in [0.3, 0.4) is 0 Å². The van der Waals surface area contributed by atoms with Crippen molar-refractivity contribution in [2.24, 2.45) is 11.1 Å². The van der Waals surface area contributed by atoms with Gasteiger partial charge in [0.15, 0.2) is 0 Å². The summed E-state index contributed by atoms with van der Waals surface area (Å²) in [5, 5.41) is 0. The molecule has 0 aliphatic rings. The van der Waals surface area contributed by atoms with Gasteiger partial charge >= 0.3 is 0 Å². The molecule has 0 aliphatic heterocycles. The van der Waals surface area contributed by atoms with Crippen molar-refractivity contribution in [3.8, 4) is 0 Å². The number of hydrogen-bond donors (Lipinski definition) is 1. The summed E-state index contributed by atoms with van der Waals surface area (Å²) in [6, 6.07) is 1.46. The Balaban J connectivity index is 2.51. The van der Waals surface area contributed by atoms with E-state index in [0.717, 1.165) is 12.8 Å². The first-order chi connectivity index (χ1) is 7.43. The van der Waals surface area contributed by atoms with E-state index in [1.165, 1.54) is 12.3 Å². The summed E-state index contributed by atoms with van der Waals surface area (Å²) in [5.41, 5.74) is 5.45. The van der Waals surface area contributed by atoms with Gasteiger partial charge in [0.2, 0.25) is 0 Å². The molecule has 4 nitrogen and oxygen atoms in total. The molecule has 1 rings (SSSR count). The molecule has 0 saturated carbocycles. The molecule has 0 amide bonds. The average molecular weight is 239 g/mol. The van der Waals surface area contributed by atoms with E-state index in [4.69, 9.17) is 18.0 Å². The second kappa shape index (κ2) is 5.21. The molecular formula is C11H17N3OS. The van der Waals surface area contributed by atoms with Gasteiger partial charge in [0.1, 0.15) is 0 Å². The first kappa shape index (κ1) is 12.8. The van der Waals surface area contributed by atoms with Gasteiger partial charge in [-0.1, -0.05) is 26.1 Å². The molecule has 0 aliphatic carbocycles. The Hall–Kier alpha value is -1.23. The molecule has 1 aromatic heterocycles. The van der Waals surface area contributed by atoms with Crippen LogP contribution in [0.25, 0.3) is 0 Å². The zero-order chi connectivity index (χ0) is 12.2. The van der Waals surface area contributed by atoms with Gasteiger partial charge in [-0.2, -0.15) is 0 Å². The molecule has 0 bridgehead atoms. The minimum Gasteiger partial charge on any atom is -0.393 e. The molecule has 1 aromatic rings. The summed E-state index contributed by atoms with van der Waals surface area (Å²) in [6.45, 7) is 4.68. The number of aromatic nitrogens is 2. The lowest BCUT2D eigenvalue weighted by atomic mass is 9.88. The first-order valence-electron chi connectivity index (χ1n) is 5.24. The van der Waals surface area contributed by atoms with E-state index in [1.54, 1.807) is 10.9 Å². The van der Waals surface area contributed by atoms with Gasteiger partial charge in [0.05, 0.1) is 11.3 Å². The molecule has 0 aromatic carbocycles. The molecule has 5 heteroatoms. The summed E-state index contributed by atoms with van der Waals surface area (Å²) in [5.74, 6) is 0. The van der Waals surface area contributed by atoms with Gasteiger partial charge in [-0.05, 0) is 12.8 Å². The maximum absolute atomic E-state index is 11.4. The molecule has 16 heavy (non-hydrogen) atoms. The maximum Gasteiger partial charge on any atom is 0.253 e. The summed E-state index contributed by atoms with van der Waals surface area (Å²) < 4.78 is 1.59. The highest BCUT2D eigenvalue weighted by Gasteiger charge is 2.20. The number of rotatable bonds is 5. The fraction of sp³-hybridized carbons (Fsp3) is 0.545. The molecule has 88 valence electrons. The smallest absolute Gasteiger partial charge is 0.253 e. The van der Waals surface area contributed by atoms with Crippen LogP contribution in [0.5, 0.6) is 0 Å². The molecule has 1 heterocycles. The highest BCUT2D eigenvalue weighted by Crippen LogP contribution is 2.22. The van der Waals surface area contributed by atoms with Gasteiger partial charge in [-0.3, -0.25) is 9.36 Å². The highest BCUT2D eigenvalue weighted by molar-refractivity contribution is 7.80. The second-order valence-corrected chi connectivity index (χ2v) is 4.90. The predicted molar refractivity (Wildman–Crippen MR) is 68.3 cm³/mol. The lowest BCUT2D eigenvalue weighted by Crippen LogP contribution is -2.30. The zero-order valence-electron chi connectivity index (χ0n) is 9.64. The summed E-state index contributed by atoms with van der Waals surface area (Å²) in [6.07, 6.45) is 4.77. The molecule has 2 N–H and O–H groups in total. The van der Waals surface area contributed by atoms with Gasteiger partial charge in [0, 0.05) is 24.2 Å². The Morgan fingerprint density at radius 2 is 2.31 bits per heavy atom. The van der Waals surface area contributed by atoms with Gasteiger partial charge in [-0.15, -0.1) is 0 Å². The molecule has 0 atom stereocenters. The largest absolute Gasteiger partial charge is 0.393 e. The fourth-order valence-corrected chi connectivity index (χ4v) is 1.46. The van der Waals surface area contributed by atoms with Crippen molar-refractivity contribution in [3.63, 3.8) is 0 Å². The molecular weight excluding hydrogens is 222 g/mol. The molecule has 0 unspecified atom stereocenters. The SMILES string of the molecule is CC(C)(CCCn1cnccc1=O)C(N)=S. The monoisotopic (exact) mass is 239 g/mol. The van der Waals surface area contributed by atoms with Crippen molar-refractivity contribution < 1.29 is 0 Å². The third-order valence-electron chi connectivity index (χ3n) is 2.66. The van der Waals surface area contributed by atoms with E-state index < -0.39 is 0 Å². The maximum atomic E-state index is 11.4. The molecule has 0 fully saturated rings. The zero-order valence-corrected chi connectivity index (χ0v) is 10.5. The standard InChI is InChI=1S/C11H17N3OS/c1-11(2,10(12)16)5-3-7-14-8-13-6-4-9(14)15/h4,6,8H,3,5,7H2,1-2H3,(H2,12,16). The average Bonchev–Trinajstić information content (AvgIpc) is 2.20. The Labute approximate surface area is 100 Å². The van der Waals surface area contributed by atoms with Gasteiger partial charge in [-0.25, -0.2) is 4.98 Å². The van der Waals surface area contributed by atoms with Crippen LogP contribution in [0, 0.1) is 5.41 Å². The number of nitrogens with two attached hydrogens (primary N) is 1. The van der Waals surface area contributed by atoms with E-state index in [9.17, 15) is 4.79 Å². The van der Waals surface area contributed by atoms with Crippen molar-refractivity contribution >= 4 is 17.2 Å². The minimum absolute atomic E-state index is 0.0249. The normalized spacial score (nSPS) is 11.4. The Morgan fingerprint density at radius 3 is 2.88 bits per heavy atom. The van der Waals surface area contributed by atoms with E-state index in [-0.39, 0.29) is 11.0 Å². The lowest BCUT2D eigenvalue weighted by Gasteiger charge is -2.22. The third kappa shape index (κ3) is 3.41. The molecule has 0 spiro atoms. The van der Waals surface area contributed by atoms with Crippen molar-refractivity contribution in [2.45, 2.75) is 33.2 Å². The minimum atomic E-state index is -0.152. The number of nitrogens with zero attached hydrogens (tertiary/aromatic N) is 2. The van der Waals surface area contributed by atoms with E-state index >= 15 is 0 Å². The van der Waals surface area contributed by atoms with Crippen LogP contribution >= 0.6 is 12.2 Å². The van der Waals surface area contributed by atoms with Gasteiger partial charge in [0.25, 0.3) is 5.56 Å².